The Labute approximate surface area is 189 Å². The summed E-state index contributed by atoms with van der Waals surface area (Å²) >= 11 is 0. The van der Waals surface area contributed by atoms with Gasteiger partial charge in [0.2, 0.25) is 5.78 Å². The maximum absolute atomic E-state index is 13.8. The summed E-state index contributed by atoms with van der Waals surface area (Å²) in [5.41, 5.74) is 14.9. The average molecular weight is 470 g/mol. The molecule has 2 rings (SSSR count). The van der Waals surface area contributed by atoms with Gasteiger partial charge >= 0.3 is 6.18 Å². The number of aliphatic imine (C=N–C) groups is 1. The molecule has 0 bridgehead atoms. The van der Waals surface area contributed by atoms with E-state index in [0.717, 1.165) is 5.01 Å². The molecule has 0 aliphatic carbocycles. The predicted octanol–water partition coefficient (Wildman–Crippen LogP) is 0.895. The largest absolute Gasteiger partial charge is 0.450 e. The summed E-state index contributed by atoms with van der Waals surface area (Å²) in [6.07, 6.45) is -5.17. The molecule has 0 spiro atoms. The number of halogens is 3. The fraction of sp³-hybridized carbons (Fsp3) is 0.524. The van der Waals surface area contributed by atoms with Crippen molar-refractivity contribution in [2.75, 3.05) is 19.6 Å². The van der Waals surface area contributed by atoms with Crippen molar-refractivity contribution in [2.24, 2.45) is 28.1 Å². The van der Waals surface area contributed by atoms with E-state index in [4.69, 9.17) is 17.2 Å². The molecule has 2 unspecified atom stereocenters. The second-order valence-corrected chi connectivity index (χ2v) is 7.81. The monoisotopic (exact) mass is 470 g/mol. The Morgan fingerprint density at radius 2 is 1.82 bits per heavy atom. The third-order valence-electron chi connectivity index (χ3n) is 5.84. The van der Waals surface area contributed by atoms with E-state index in [1.165, 1.54) is 11.9 Å². The van der Waals surface area contributed by atoms with E-state index in [0.29, 0.717) is 25.1 Å². The number of amides is 1. The number of ketones is 1. The van der Waals surface area contributed by atoms with E-state index < -0.39 is 54.3 Å². The summed E-state index contributed by atoms with van der Waals surface area (Å²) in [7, 11) is 0. The molecule has 6 N–H and O–H groups in total. The number of hydrazine groups is 1. The molecule has 1 heterocycles. The molecule has 33 heavy (non-hydrogen) atoms. The molecule has 0 aromatic heterocycles. The molecule has 1 aromatic rings. The number of carbonyl (C=O) groups is 3. The second kappa shape index (κ2) is 10.8. The third kappa shape index (κ3) is 5.69. The molecule has 9 nitrogen and oxygen atoms in total. The molecule has 12 heteroatoms. The highest BCUT2D eigenvalue weighted by Crippen LogP contribution is 2.41. The zero-order chi connectivity index (χ0) is 24.8. The lowest BCUT2D eigenvalue weighted by Gasteiger charge is -2.52. The number of hydrogen-bond donors (Lipinski definition) is 3. The Morgan fingerprint density at radius 1 is 1.21 bits per heavy atom. The van der Waals surface area contributed by atoms with Gasteiger partial charge in [-0.3, -0.25) is 14.6 Å². The highest BCUT2D eigenvalue weighted by Gasteiger charge is 2.57. The van der Waals surface area contributed by atoms with Crippen LogP contribution in [0.4, 0.5) is 13.2 Å². The Hall–Kier alpha value is -2.99. The number of rotatable bonds is 11. The summed E-state index contributed by atoms with van der Waals surface area (Å²) in [4.78, 5) is 42.0. The van der Waals surface area contributed by atoms with Crippen molar-refractivity contribution in [1.82, 2.24) is 10.0 Å². The van der Waals surface area contributed by atoms with E-state index in [2.05, 4.69) is 4.99 Å². The van der Waals surface area contributed by atoms with Crippen LogP contribution >= 0.6 is 0 Å². The zero-order valence-electron chi connectivity index (χ0n) is 18.3. The molecule has 1 amide bonds. The van der Waals surface area contributed by atoms with Crippen molar-refractivity contribution in [2.45, 2.75) is 43.9 Å². The lowest BCUT2D eigenvalue weighted by atomic mass is 9.74. The maximum atomic E-state index is 13.8. The summed E-state index contributed by atoms with van der Waals surface area (Å²) in [6, 6.07) is 7.11. The molecule has 1 aliphatic heterocycles. The fourth-order valence-electron chi connectivity index (χ4n) is 4.08. The first kappa shape index (κ1) is 26.3. The van der Waals surface area contributed by atoms with Crippen LogP contribution in [0.25, 0.3) is 0 Å². The molecule has 1 fully saturated rings. The van der Waals surface area contributed by atoms with Crippen molar-refractivity contribution >= 4 is 23.9 Å². The number of nitrogens with zero attached hydrogens (tertiary/aromatic N) is 3. The van der Waals surface area contributed by atoms with E-state index in [1.54, 1.807) is 30.3 Å². The van der Waals surface area contributed by atoms with Gasteiger partial charge in [-0.1, -0.05) is 37.3 Å². The summed E-state index contributed by atoms with van der Waals surface area (Å²) in [5.74, 6) is -5.28. The Morgan fingerprint density at radius 3 is 2.21 bits per heavy atom. The van der Waals surface area contributed by atoms with E-state index >= 15 is 0 Å². The van der Waals surface area contributed by atoms with Crippen LogP contribution in [-0.2, 0) is 14.4 Å². The highest BCUT2D eigenvalue weighted by molar-refractivity contribution is 5.93. The van der Waals surface area contributed by atoms with Gasteiger partial charge in [0.1, 0.15) is 11.8 Å². The number of guanidine groups is 1. The number of hydrogen-bond acceptors (Lipinski definition) is 6. The van der Waals surface area contributed by atoms with Gasteiger partial charge in [0.25, 0.3) is 5.91 Å². The first-order chi connectivity index (χ1) is 15.5. The Kier molecular flexibility index (Phi) is 8.56. The molecule has 0 saturated carbocycles. The number of nitrogens with two attached hydrogens (primary N) is 3. The zero-order valence-corrected chi connectivity index (χ0v) is 18.3. The van der Waals surface area contributed by atoms with Crippen LogP contribution < -0.4 is 17.2 Å². The molecule has 3 atom stereocenters. The smallest absolute Gasteiger partial charge is 0.370 e. The number of aldehydes is 1. The first-order valence-corrected chi connectivity index (χ1v) is 10.5. The van der Waals surface area contributed by atoms with Gasteiger partial charge in [-0.15, -0.1) is 0 Å². The number of benzene rings is 1. The summed E-state index contributed by atoms with van der Waals surface area (Å²) in [5, 5.41) is 2.39. The van der Waals surface area contributed by atoms with Gasteiger partial charge in [0.15, 0.2) is 5.96 Å². The van der Waals surface area contributed by atoms with Crippen molar-refractivity contribution < 1.29 is 27.6 Å². The van der Waals surface area contributed by atoms with Crippen LogP contribution in [0.5, 0.6) is 0 Å². The van der Waals surface area contributed by atoms with Gasteiger partial charge in [-0.05, 0) is 24.8 Å². The normalized spacial score (nSPS) is 17.7. The maximum Gasteiger partial charge on any atom is 0.450 e. The number of Topliss-reactive ketones (excluding diaryl/α,β-unsaturated/α-hetero) is 1. The molecule has 1 saturated heterocycles. The quantitative estimate of drug-likeness (QED) is 0.247. The molecule has 1 aliphatic rings. The van der Waals surface area contributed by atoms with E-state index in [1.807, 2.05) is 0 Å². The van der Waals surface area contributed by atoms with Crippen molar-refractivity contribution in [3.63, 3.8) is 0 Å². The van der Waals surface area contributed by atoms with Crippen molar-refractivity contribution in [3.05, 3.63) is 35.9 Å². The van der Waals surface area contributed by atoms with Crippen LogP contribution in [0.2, 0.25) is 0 Å². The van der Waals surface area contributed by atoms with Gasteiger partial charge in [-0.2, -0.15) is 13.2 Å². The van der Waals surface area contributed by atoms with E-state index in [-0.39, 0.29) is 12.7 Å². The fourth-order valence-corrected chi connectivity index (χ4v) is 4.08. The first-order valence-electron chi connectivity index (χ1n) is 10.5. The summed E-state index contributed by atoms with van der Waals surface area (Å²) < 4.78 is 41.3. The van der Waals surface area contributed by atoms with Crippen LogP contribution in [-0.4, -0.2) is 65.3 Å². The molecular formula is C21H29F3N6O3. The Bertz CT molecular complexity index is 872. The summed E-state index contributed by atoms with van der Waals surface area (Å²) in [6.45, 7) is 1.57. The lowest BCUT2D eigenvalue weighted by Crippen LogP contribution is -2.69. The minimum Gasteiger partial charge on any atom is -0.370 e. The predicted molar refractivity (Wildman–Crippen MR) is 115 cm³/mol. The standard InChI is InChI=1S/C21H29F3N6O3/c1-2-20(13-31,30(17(32)12-25)29-9-6-10-29)15(18(33)21(22,23)24)11-16(28-19(26)27)14-7-4-3-5-8-14/h3-5,7-8,13,15-16H,2,6,9-12,25H2,1H3,(H4,26,27,28)/t15?,16?,20-/m1/s1. The van der Waals surface area contributed by atoms with E-state index in [9.17, 15) is 27.6 Å². The number of alkyl halides is 3. The van der Waals surface area contributed by atoms with Gasteiger partial charge in [-0.25, -0.2) is 10.0 Å². The molecule has 0 radical (unpaired) electrons. The number of carbonyl (C=O) groups excluding carboxylic acids is 3. The highest BCUT2D eigenvalue weighted by atomic mass is 19.4. The van der Waals surface area contributed by atoms with Crippen LogP contribution in [0.1, 0.15) is 37.8 Å². The van der Waals surface area contributed by atoms with Crippen LogP contribution in [0, 0.1) is 5.92 Å². The van der Waals surface area contributed by atoms with Gasteiger partial charge in [0.05, 0.1) is 18.5 Å². The van der Waals surface area contributed by atoms with Gasteiger partial charge < -0.3 is 22.0 Å². The topological polar surface area (TPSA) is 148 Å². The van der Waals surface area contributed by atoms with Crippen LogP contribution in [0.3, 0.4) is 0 Å². The molecule has 1 aromatic carbocycles. The van der Waals surface area contributed by atoms with Crippen molar-refractivity contribution in [1.29, 1.82) is 0 Å². The lowest BCUT2D eigenvalue weighted by molar-refractivity contribution is -0.200. The Balaban J connectivity index is 2.68. The minimum atomic E-state index is -5.26. The third-order valence-corrected chi connectivity index (χ3v) is 5.84. The van der Waals surface area contributed by atoms with Crippen LogP contribution in [0.15, 0.2) is 35.3 Å². The second-order valence-electron chi connectivity index (χ2n) is 7.81. The SMILES string of the molecule is CC[C@@](C=O)(C(CC(N=C(N)N)c1ccccc1)C(=O)C(F)(F)F)N(C(=O)CN)N1CCC1. The average Bonchev–Trinajstić information content (AvgIpc) is 2.75. The van der Waals surface area contributed by atoms with Gasteiger partial charge in [0, 0.05) is 13.1 Å². The molecule has 182 valence electrons. The van der Waals surface area contributed by atoms with Crippen molar-refractivity contribution in [3.8, 4) is 0 Å². The molecular weight excluding hydrogens is 441 g/mol. The minimum absolute atomic E-state index is 0.241.